The number of rotatable bonds is 4. The van der Waals surface area contributed by atoms with E-state index in [-0.39, 0.29) is 17.7 Å². The van der Waals surface area contributed by atoms with Gasteiger partial charge in [-0.05, 0) is 23.8 Å². The summed E-state index contributed by atoms with van der Waals surface area (Å²) in [6.07, 6.45) is 0. The maximum atomic E-state index is 13.6. The zero-order valence-corrected chi connectivity index (χ0v) is 10.3. The van der Waals surface area contributed by atoms with Crippen LogP contribution in [0.5, 0.6) is 5.75 Å². The highest BCUT2D eigenvalue weighted by Crippen LogP contribution is 2.24. The van der Waals surface area contributed by atoms with Gasteiger partial charge in [-0.1, -0.05) is 12.1 Å². The van der Waals surface area contributed by atoms with E-state index in [2.05, 4.69) is 0 Å². The summed E-state index contributed by atoms with van der Waals surface area (Å²) in [5.41, 5.74) is 5.41. The van der Waals surface area contributed by atoms with E-state index in [9.17, 15) is 17.6 Å². The van der Waals surface area contributed by atoms with Gasteiger partial charge in [0, 0.05) is 12.1 Å². The van der Waals surface area contributed by atoms with E-state index < -0.39 is 35.6 Å². The molecule has 0 aliphatic carbocycles. The van der Waals surface area contributed by atoms with Crippen molar-refractivity contribution in [3.63, 3.8) is 0 Å². The smallest absolute Gasteiger partial charge is 0.191 e. The van der Waals surface area contributed by atoms with Gasteiger partial charge >= 0.3 is 0 Å². The molecule has 0 saturated heterocycles. The summed E-state index contributed by atoms with van der Waals surface area (Å²) in [6.45, 7) is -0.508. The van der Waals surface area contributed by atoms with Crippen molar-refractivity contribution < 1.29 is 22.3 Å². The van der Waals surface area contributed by atoms with E-state index in [0.717, 1.165) is 18.2 Å². The third-order valence-corrected chi connectivity index (χ3v) is 2.70. The van der Waals surface area contributed by atoms with Gasteiger partial charge in [0.25, 0.3) is 0 Å². The lowest BCUT2D eigenvalue weighted by Crippen LogP contribution is -2.05. The van der Waals surface area contributed by atoms with E-state index in [1.807, 2.05) is 0 Å². The first-order valence-electron chi connectivity index (χ1n) is 5.76. The number of hydrogen-bond donors (Lipinski definition) is 1. The number of halogens is 4. The van der Waals surface area contributed by atoms with Crippen molar-refractivity contribution in [2.24, 2.45) is 5.73 Å². The topological polar surface area (TPSA) is 35.2 Å². The van der Waals surface area contributed by atoms with Crippen LogP contribution >= 0.6 is 0 Å². The van der Waals surface area contributed by atoms with E-state index in [1.165, 1.54) is 12.1 Å². The molecule has 0 bridgehead atoms. The summed E-state index contributed by atoms with van der Waals surface area (Å²) in [6, 6.07) is 5.54. The maximum absolute atomic E-state index is 13.6. The molecule has 6 heteroatoms. The molecule has 0 fully saturated rings. The van der Waals surface area contributed by atoms with E-state index in [1.54, 1.807) is 0 Å². The first-order valence-corrected chi connectivity index (χ1v) is 5.76. The summed E-state index contributed by atoms with van der Waals surface area (Å²) in [4.78, 5) is 0. The molecule has 0 radical (unpaired) electrons. The SMILES string of the molecule is NCc1cc(F)c(OCc2cccc(F)c2F)c(F)c1. The minimum atomic E-state index is -1.10. The Labute approximate surface area is 112 Å². The van der Waals surface area contributed by atoms with E-state index in [0.29, 0.717) is 0 Å². The fourth-order valence-electron chi connectivity index (χ4n) is 1.68. The largest absolute Gasteiger partial charge is 0.483 e. The lowest BCUT2D eigenvalue weighted by Gasteiger charge is -2.10. The van der Waals surface area contributed by atoms with Crippen LogP contribution in [0.2, 0.25) is 0 Å². The van der Waals surface area contributed by atoms with Crippen LogP contribution in [0.3, 0.4) is 0 Å². The fourth-order valence-corrected chi connectivity index (χ4v) is 1.68. The maximum Gasteiger partial charge on any atom is 0.191 e. The third-order valence-electron chi connectivity index (χ3n) is 2.70. The normalized spacial score (nSPS) is 10.7. The fraction of sp³-hybridized carbons (Fsp3) is 0.143. The molecule has 2 rings (SSSR count). The van der Waals surface area contributed by atoms with Gasteiger partial charge in [-0.15, -0.1) is 0 Å². The second-order valence-corrected chi connectivity index (χ2v) is 4.09. The molecule has 2 aromatic rings. The molecule has 20 heavy (non-hydrogen) atoms. The van der Waals surface area contributed by atoms with E-state index in [4.69, 9.17) is 10.5 Å². The Morgan fingerprint density at radius 1 is 0.950 bits per heavy atom. The number of nitrogens with two attached hydrogens (primary N) is 1. The standard InChI is InChI=1S/C14H11F4NO/c15-10-3-1-2-9(13(10)18)7-20-14-11(16)4-8(6-19)5-12(14)17/h1-5H,6-7,19H2. The van der Waals surface area contributed by atoms with Crippen molar-refractivity contribution in [1.29, 1.82) is 0 Å². The molecule has 0 heterocycles. The summed E-state index contributed by atoms with van der Waals surface area (Å²) in [5.74, 6) is -4.69. The average molecular weight is 285 g/mol. The monoisotopic (exact) mass is 285 g/mol. The predicted octanol–water partition coefficient (Wildman–Crippen LogP) is 3.28. The average Bonchev–Trinajstić information content (AvgIpc) is 2.42. The van der Waals surface area contributed by atoms with Gasteiger partial charge in [-0.2, -0.15) is 0 Å². The Morgan fingerprint density at radius 2 is 1.60 bits per heavy atom. The van der Waals surface area contributed by atoms with Crippen LogP contribution in [-0.4, -0.2) is 0 Å². The molecule has 2 aromatic carbocycles. The number of benzene rings is 2. The highest BCUT2D eigenvalue weighted by Gasteiger charge is 2.14. The third kappa shape index (κ3) is 2.91. The Kier molecular flexibility index (Phi) is 4.24. The van der Waals surface area contributed by atoms with Gasteiger partial charge in [-0.3, -0.25) is 0 Å². The van der Waals surface area contributed by atoms with Crippen molar-refractivity contribution in [1.82, 2.24) is 0 Å². The number of hydrogen-bond acceptors (Lipinski definition) is 2. The second kappa shape index (κ2) is 5.92. The quantitative estimate of drug-likeness (QED) is 0.875. The van der Waals surface area contributed by atoms with Crippen molar-refractivity contribution >= 4 is 0 Å². The van der Waals surface area contributed by atoms with Crippen LogP contribution in [0.15, 0.2) is 30.3 Å². The van der Waals surface area contributed by atoms with Crippen LogP contribution < -0.4 is 10.5 Å². The van der Waals surface area contributed by atoms with Crippen molar-refractivity contribution in [3.8, 4) is 5.75 Å². The van der Waals surface area contributed by atoms with Crippen LogP contribution in [0.25, 0.3) is 0 Å². The van der Waals surface area contributed by atoms with E-state index >= 15 is 0 Å². The Morgan fingerprint density at radius 3 is 2.20 bits per heavy atom. The molecule has 0 aliphatic rings. The molecule has 2 N–H and O–H groups in total. The zero-order valence-electron chi connectivity index (χ0n) is 10.3. The highest BCUT2D eigenvalue weighted by atomic mass is 19.2. The first-order chi connectivity index (χ1) is 9.52. The second-order valence-electron chi connectivity index (χ2n) is 4.09. The Bertz CT molecular complexity index is 608. The van der Waals surface area contributed by atoms with Gasteiger partial charge in [0.15, 0.2) is 29.0 Å². The van der Waals surface area contributed by atoms with Gasteiger partial charge in [0.05, 0.1) is 0 Å². The molecule has 106 valence electrons. The molecule has 0 spiro atoms. The lowest BCUT2D eigenvalue weighted by molar-refractivity contribution is 0.267. The van der Waals surface area contributed by atoms with Crippen molar-refractivity contribution in [3.05, 3.63) is 64.7 Å². The molecule has 0 aromatic heterocycles. The minimum Gasteiger partial charge on any atom is -0.483 e. The number of ether oxygens (including phenoxy) is 1. The van der Waals surface area contributed by atoms with Crippen LogP contribution in [0.1, 0.15) is 11.1 Å². The predicted molar refractivity (Wildman–Crippen MR) is 64.9 cm³/mol. The molecule has 0 saturated carbocycles. The van der Waals surface area contributed by atoms with Crippen LogP contribution in [-0.2, 0) is 13.2 Å². The van der Waals surface area contributed by atoms with Gasteiger partial charge in [0.1, 0.15) is 6.61 Å². The highest BCUT2D eigenvalue weighted by molar-refractivity contribution is 5.31. The summed E-state index contributed by atoms with van der Waals surface area (Å²) < 4.78 is 58.4. The molecule has 0 unspecified atom stereocenters. The Hall–Kier alpha value is -2.08. The molecule has 0 amide bonds. The molecular weight excluding hydrogens is 274 g/mol. The summed E-state index contributed by atoms with van der Waals surface area (Å²) in [7, 11) is 0. The van der Waals surface area contributed by atoms with Gasteiger partial charge in [0.2, 0.25) is 0 Å². The van der Waals surface area contributed by atoms with Gasteiger partial charge < -0.3 is 10.5 Å². The van der Waals surface area contributed by atoms with Crippen molar-refractivity contribution in [2.75, 3.05) is 0 Å². The van der Waals surface area contributed by atoms with Crippen LogP contribution in [0, 0.1) is 23.3 Å². The Balaban J connectivity index is 2.21. The summed E-state index contributed by atoms with van der Waals surface area (Å²) in [5, 5.41) is 0. The molecule has 0 aliphatic heterocycles. The molecule has 0 atom stereocenters. The first kappa shape index (κ1) is 14.3. The van der Waals surface area contributed by atoms with Crippen LogP contribution in [0.4, 0.5) is 17.6 Å². The summed E-state index contributed by atoms with van der Waals surface area (Å²) >= 11 is 0. The zero-order chi connectivity index (χ0) is 14.7. The van der Waals surface area contributed by atoms with Crippen molar-refractivity contribution in [2.45, 2.75) is 13.2 Å². The minimum absolute atomic E-state index is 0.0212. The lowest BCUT2D eigenvalue weighted by atomic mass is 10.2. The molecule has 2 nitrogen and oxygen atoms in total. The molecular formula is C14H11F4NO. The van der Waals surface area contributed by atoms with Gasteiger partial charge in [-0.25, -0.2) is 17.6 Å².